The minimum absolute atomic E-state index is 0.0677. The highest BCUT2D eigenvalue weighted by molar-refractivity contribution is 9.10. The average Bonchev–Trinajstić information content (AvgIpc) is 2.95. The van der Waals surface area contributed by atoms with E-state index in [1.165, 1.54) is 12.3 Å². The molecule has 0 aromatic carbocycles. The summed E-state index contributed by atoms with van der Waals surface area (Å²) in [6, 6.07) is 3.90. The van der Waals surface area contributed by atoms with Crippen LogP contribution in [-0.4, -0.2) is 35.4 Å². The largest absolute Gasteiger partial charge is 0.459 e. The van der Waals surface area contributed by atoms with Gasteiger partial charge < -0.3 is 9.30 Å². The molecule has 2 rings (SSSR count). The molecule has 0 aliphatic carbocycles. The second-order valence-electron chi connectivity index (χ2n) is 7.21. The highest BCUT2D eigenvalue weighted by atomic mass is 79.9. The average molecular weight is 472 g/mol. The third-order valence-electron chi connectivity index (χ3n) is 3.67. The number of imidazole rings is 1. The molecule has 0 fully saturated rings. The van der Waals surface area contributed by atoms with Crippen molar-refractivity contribution < 1.29 is 26.7 Å². The molecule has 0 radical (unpaired) electrons. The summed E-state index contributed by atoms with van der Waals surface area (Å²) >= 11 is 3.14. The summed E-state index contributed by atoms with van der Waals surface area (Å²) in [5.74, 6) is -5.13. The fraction of sp³-hybridized carbons (Fsp3) is 0.500. The van der Waals surface area contributed by atoms with Crippen molar-refractivity contribution in [3.8, 4) is 11.4 Å². The Balaban J connectivity index is 2.33. The lowest BCUT2D eigenvalue weighted by atomic mass is 10.2. The molecular weight excluding hydrogens is 453 g/mol. The molecule has 0 saturated heterocycles. The number of rotatable bonds is 7. The van der Waals surface area contributed by atoms with Crippen molar-refractivity contribution in [1.29, 1.82) is 0 Å². The van der Waals surface area contributed by atoms with E-state index in [4.69, 9.17) is 4.74 Å². The van der Waals surface area contributed by atoms with Crippen LogP contribution in [0.5, 0.6) is 0 Å². The Morgan fingerprint density at radius 2 is 1.81 bits per heavy atom. The fourth-order valence-corrected chi connectivity index (χ4v) is 3.08. The van der Waals surface area contributed by atoms with Crippen LogP contribution in [0.4, 0.5) is 22.0 Å². The summed E-state index contributed by atoms with van der Waals surface area (Å²) in [6.07, 6.45) is -3.72. The van der Waals surface area contributed by atoms with E-state index in [9.17, 15) is 22.0 Å². The molecule has 2 heterocycles. The first-order valence-electron chi connectivity index (χ1n) is 8.03. The van der Waals surface area contributed by atoms with Gasteiger partial charge in [-0.2, -0.15) is 22.0 Å². The van der Waals surface area contributed by atoms with E-state index in [2.05, 4.69) is 45.5 Å². The molecule has 150 valence electrons. The first kappa shape index (κ1) is 22.0. The van der Waals surface area contributed by atoms with Crippen molar-refractivity contribution in [2.24, 2.45) is 0 Å². The molecule has 0 unspecified atom stereocenters. The fourth-order valence-electron chi connectivity index (χ4n) is 2.09. The van der Waals surface area contributed by atoms with Crippen molar-refractivity contribution in [3.05, 3.63) is 34.8 Å². The summed E-state index contributed by atoms with van der Waals surface area (Å²) in [7, 11) is -1.36. The Morgan fingerprint density at radius 3 is 2.33 bits per heavy atom. The molecule has 0 atom stereocenters. The van der Waals surface area contributed by atoms with Gasteiger partial charge in [-0.1, -0.05) is 19.6 Å². The van der Waals surface area contributed by atoms with Crippen molar-refractivity contribution in [1.82, 2.24) is 14.5 Å². The maximum Gasteiger partial charge on any atom is 0.459 e. The standard InChI is InChI=1S/C16H19BrF5N3OSi/c1-27(2,3)7-6-26-10-25-9-12(15(18,19)16(20,21)22)24-14(25)11-4-5-13(17)23-8-11/h4-5,8-9H,6-7,10H2,1-3H3. The number of pyridine rings is 1. The summed E-state index contributed by atoms with van der Waals surface area (Å²) in [5, 5.41) is 0. The third-order valence-corrected chi connectivity index (χ3v) is 5.84. The Labute approximate surface area is 162 Å². The second kappa shape index (κ2) is 7.96. The smallest absolute Gasteiger partial charge is 0.361 e. The highest BCUT2D eigenvalue weighted by Crippen LogP contribution is 2.43. The lowest BCUT2D eigenvalue weighted by Gasteiger charge is -2.17. The van der Waals surface area contributed by atoms with Crippen molar-refractivity contribution in [2.45, 2.75) is 44.5 Å². The number of alkyl halides is 5. The van der Waals surface area contributed by atoms with E-state index in [-0.39, 0.29) is 12.6 Å². The van der Waals surface area contributed by atoms with E-state index in [0.29, 0.717) is 23.0 Å². The van der Waals surface area contributed by atoms with E-state index >= 15 is 0 Å². The third kappa shape index (κ3) is 5.58. The van der Waals surface area contributed by atoms with Crippen LogP contribution in [0.25, 0.3) is 11.4 Å². The van der Waals surface area contributed by atoms with Gasteiger partial charge in [0.25, 0.3) is 0 Å². The summed E-state index contributed by atoms with van der Waals surface area (Å²) in [6.45, 7) is 6.64. The minimum atomic E-state index is -5.74. The molecule has 4 nitrogen and oxygen atoms in total. The monoisotopic (exact) mass is 471 g/mol. The SMILES string of the molecule is C[Si](C)(C)CCOCn1cc(C(F)(F)C(F)(F)F)nc1-c1ccc(Br)nc1. The molecule has 11 heteroatoms. The van der Waals surface area contributed by atoms with Gasteiger partial charge in [-0.3, -0.25) is 0 Å². The lowest BCUT2D eigenvalue weighted by Crippen LogP contribution is -2.34. The van der Waals surface area contributed by atoms with E-state index in [1.807, 2.05) is 0 Å². The molecule has 0 amide bonds. The number of hydrogen-bond donors (Lipinski definition) is 0. The van der Waals surface area contributed by atoms with Gasteiger partial charge in [-0.25, -0.2) is 9.97 Å². The maximum atomic E-state index is 13.7. The first-order chi connectivity index (χ1) is 12.3. The van der Waals surface area contributed by atoms with Crippen LogP contribution < -0.4 is 0 Å². The van der Waals surface area contributed by atoms with Crippen molar-refractivity contribution >= 4 is 24.0 Å². The van der Waals surface area contributed by atoms with Crippen LogP contribution >= 0.6 is 15.9 Å². The second-order valence-corrected chi connectivity index (χ2v) is 13.6. The molecule has 0 spiro atoms. The lowest BCUT2D eigenvalue weighted by molar-refractivity contribution is -0.290. The van der Waals surface area contributed by atoms with Gasteiger partial charge in [0.2, 0.25) is 0 Å². The molecular formula is C16H19BrF5N3OSi. The molecule has 0 aliphatic heterocycles. The van der Waals surface area contributed by atoms with Gasteiger partial charge in [-0.15, -0.1) is 0 Å². The molecule has 0 N–H and O–H groups in total. The van der Waals surface area contributed by atoms with Crippen LogP contribution in [0.1, 0.15) is 5.69 Å². The predicted octanol–water partition coefficient (Wildman–Crippen LogP) is 5.67. The maximum absolute atomic E-state index is 13.7. The van der Waals surface area contributed by atoms with E-state index < -0.39 is 25.9 Å². The zero-order valence-electron chi connectivity index (χ0n) is 14.9. The topological polar surface area (TPSA) is 39.9 Å². The molecule has 27 heavy (non-hydrogen) atoms. The molecule has 2 aromatic rings. The van der Waals surface area contributed by atoms with Gasteiger partial charge in [0.15, 0.2) is 0 Å². The van der Waals surface area contributed by atoms with Crippen LogP contribution in [0.15, 0.2) is 29.1 Å². The van der Waals surface area contributed by atoms with Crippen molar-refractivity contribution in [2.75, 3.05) is 6.61 Å². The number of ether oxygens (including phenoxy) is 1. The number of hydrogen-bond acceptors (Lipinski definition) is 3. The normalized spacial score (nSPS) is 13.2. The minimum Gasteiger partial charge on any atom is -0.361 e. The summed E-state index contributed by atoms with van der Waals surface area (Å²) in [4.78, 5) is 7.51. The molecule has 0 bridgehead atoms. The number of halogens is 6. The molecule has 0 aliphatic rings. The Hall–Kier alpha value is -1.33. The Morgan fingerprint density at radius 1 is 1.15 bits per heavy atom. The van der Waals surface area contributed by atoms with Gasteiger partial charge in [-0.05, 0) is 34.1 Å². The molecule has 2 aromatic heterocycles. The van der Waals surface area contributed by atoms with Crippen molar-refractivity contribution in [3.63, 3.8) is 0 Å². The van der Waals surface area contributed by atoms with E-state index in [1.54, 1.807) is 6.07 Å². The van der Waals surface area contributed by atoms with Gasteiger partial charge >= 0.3 is 12.1 Å². The predicted molar refractivity (Wildman–Crippen MR) is 97.2 cm³/mol. The summed E-state index contributed by atoms with van der Waals surface area (Å²) < 4.78 is 72.7. The van der Waals surface area contributed by atoms with Crippen LogP contribution in [0.3, 0.4) is 0 Å². The first-order valence-corrected chi connectivity index (χ1v) is 12.5. The zero-order chi connectivity index (χ0) is 20.5. The highest BCUT2D eigenvalue weighted by Gasteiger charge is 2.60. The summed E-state index contributed by atoms with van der Waals surface area (Å²) in [5.41, 5.74) is -1.07. The van der Waals surface area contributed by atoms with Crippen LogP contribution in [-0.2, 0) is 17.4 Å². The Bertz CT molecular complexity index is 772. The number of nitrogens with zero attached hydrogens (tertiary/aromatic N) is 3. The van der Waals surface area contributed by atoms with Gasteiger partial charge in [0.1, 0.15) is 22.9 Å². The van der Waals surface area contributed by atoms with Gasteiger partial charge in [0.05, 0.1) is 0 Å². The number of aromatic nitrogens is 3. The molecule has 0 saturated carbocycles. The quantitative estimate of drug-likeness (QED) is 0.226. The Kier molecular flexibility index (Phi) is 6.47. The van der Waals surface area contributed by atoms with Gasteiger partial charge in [0, 0.05) is 32.6 Å². The van der Waals surface area contributed by atoms with E-state index in [0.717, 1.165) is 10.6 Å². The van der Waals surface area contributed by atoms with Crippen LogP contribution in [0, 0.1) is 0 Å². The van der Waals surface area contributed by atoms with Crippen LogP contribution in [0.2, 0.25) is 25.7 Å². The zero-order valence-corrected chi connectivity index (χ0v) is 17.5.